The minimum atomic E-state index is -0.0914. The summed E-state index contributed by atoms with van der Waals surface area (Å²) in [6.07, 6.45) is 2.97. The number of thiazole rings is 1. The number of amides is 1. The second kappa shape index (κ2) is 10.2. The van der Waals surface area contributed by atoms with Crippen molar-refractivity contribution in [2.45, 2.75) is 26.2 Å². The van der Waals surface area contributed by atoms with E-state index in [1.54, 1.807) is 4.57 Å². The molecule has 1 N–H and O–H groups in total. The zero-order chi connectivity index (χ0) is 22.3. The highest BCUT2D eigenvalue weighted by atomic mass is 32.1. The summed E-state index contributed by atoms with van der Waals surface area (Å²) in [4.78, 5) is 25.2. The number of aryl methyl sites for hydroxylation is 2. The summed E-state index contributed by atoms with van der Waals surface area (Å²) in [6, 6.07) is 25.7. The molecule has 1 heterocycles. The molecule has 3 aromatic carbocycles. The van der Waals surface area contributed by atoms with E-state index in [0.717, 1.165) is 41.8 Å². The van der Waals surface area contributed by atoms with Crippen molar-refractivity contribution in [3.63, 3.8) is 0 Å². The Morgan fingerprint density at radius 1 is 0.938 bits per heavy atom. The van der Waals surface area contributed by atoms with Gasteiger partial charge in [-0.2, -0.15) is 0 Å². The molecule has 4 nitrogen and oxygen atoms in total. The zero-order valence-electron chi connectivity index (χ0n) is 18.1. The lowest BCUT2D eigenvalue weighted by molar-refractivity contribution is 0.0953. The molecule has 0 spiro atoms. The van der Waals surface area contributed by atoms with Gasteiger partial charge in [0.25, 0.3) is 5.91 Å². The van der Waals surface area contributed by atoms with Crippen LogP contribution < -0.4 is 10.2 Å². The highest BCUT2D eigenvalue weighted by Gasteiger charge is 2.13. The van der Waals surface area contributed by atoms with Crippen LogP contribution in [-0.4, -0.2) is 17.0 Å². The number of nitrogens with zero attached hydrogens (tertiary/aromatic N) is 1. The van der Waals surface area contributed by atoms with Crippen LogP contribution in [-0.2, 0) is 6.42 Å². The predicted octanol–water partition coefficient (Wildman–Crippen LogP) is 5.63. The van der Waals surface area contributed by atoms with Gasteiger partial charge in [-0.05, 0) is 61.6 Å². The zero-order valence-corrected chi connectivity index (χ0v) is 18.9. The molecule has 0 radical (unpaired) electrons. The molecule has 0 fully saturated rings. The molecular formula is C27H26N2O2S. The summed E-state index contributed by atoms with van der Waals surface area (Å²) in [5, 5.41) is 4.87. The maximum absolute atomic E-state index is 12.7. The summed E-state index contributed by atoms with van der Waals surface area (Å²) < 4.78 is 1.71. The van der Waals surface area contributed by atoms with Crippen LogP contribution in [0.1, 0.15) is 34.3 Å². The smallest absolute Gasteiger partial charge is 0.312 e. The molecule has 0 saturated heterocycles. The van der Waals surface area contributed by atoms with Gasteiger partial charge in [0, 0.05) is 23.1 Å². The van der Waals surface area contributed by atoms with Crippen molar-refractivity contribution in [2.75, 3.05) is 6.54 Å². The number of rotatable bonds is 8. The Morgan fingerprint density at radius 2 is 1.75 bits per heavy atom. The van der Waals surface area contributed by atoms with Crippen LogP contribution in [0.4, 0.5) is 0 Å². The van der Waals surface area contributed by atoms with E-state index >= 15 is 0 Å². The van der Waals surface area contributed by atoms with Crippen LogP contribution in [0.2, 0.25) is 0 Å². The van der Waals surface area contributed by atoms with E-state index in [1.807, 2.05) is 66.9 Å². The molecule has 5 heteroatoms. The maximum Gasteiger partial charge on any atom is 0.312 e. The highest BCUT2D eigenvalue weighted by Crippen LogP contribution is 2.24. The number of unbranched alkanes of at least 4 members (excludes halogenated alkanes) is 1. The summed E-state index contributed by atoms with van der Waals surface area (Å²) >= 11 is 1.17. The number of carbonyl (C=O) groups is 1. The van der Waals surface area contributed by atoms with Gasteiger partial charge in [0.05, 0.1) is 11.4 Å². The molecule has 4 rings (SSSR count). The van der Waals surface area contributed by atoms with Gasteiger partial charge in [-0.1, -0.05) is 65.9 Å². The van der Waals surface area contributed by atoms with E-state index in [1.165, 1.54) is 16.9 Å². The molecule has 0 aliphatic heterocycles. The normalized spacial score (nSPS) is 10.8. The molecule has 1 amide bonds. The third-order valence-corrected chi connectivity index (χ3v) is 6.12. The Balaban J connectivity index is 1.43. The van der Waals surface area contributed by atoms with E-state index in [0.29, 0.717) is 12.1 Å². The largest absolute Gasteiger partial charge is 0.352 e. The molecule has 0 atom stereocenters. The van der Waals surface area contributed by atoms with E-state index in [-0.39, 0.29) is 10.8 Å². The number of hydrogen-bond donors (Lipinski definition) is 1. The van der Waals surface area contributed by atoms with Gasteiger partial charge in [-0.3, -0.25) is 14.2 Å². The Hall–Kier alpha value is -3.44. The molecule has 0 aliphatic carbocycles. The molecule has 4 aromatic rings. The number of nitrogens with one attached hydrogen (secondary N) is 1. The van der Waals surface area contributed by atoms with Gasteiger partial charge in [-0.15, -0.1) is 0 Å². The second-order valence-electron chi connectivity index (χ2n) is 7.84. The van der Waals surface area contributed by atoms with E-state index in [4.69, 9.17) is 0 Å². The van der Waals surface area contributed by atoms with Crippen LogP contribution in [0.5, 0.6) is 0 Å². The van der Waals surface area contributed by atoms with Gasteiger partial charge in [-0.25, -0.2) is 0 Å². The Morgan fingerprint density at radius 3 is 2.56 bits per heavy atom. The molecule has 162 valence electrons. The van der Waals surface area contributed by atoms with Crippen molar-refractivity contribution >= 4 is 17.2 Å². The average Bonchev–Trinajstić information content (AvgIpc) is 3.21. The first-order valence-corrected chi connectivity index (χ1v) is 11.7. The molecule has 0 aliphatic rings. The fourth-order valence-corrected chi connectivity index (χ4v) is 4.50. The lowest BCUT2D eigenvalue weighted by Gasteiger charge is -2.10. The van der Waals surface area contributed by atoms with Crippen molar-refractivity contribution in [1.29, 1.82) is 0 Å². The van der Waals surface area contributed by atoms with Gasteiger partial charge in [0.15, 0.2) is 0 Å². The Kier molecular flexibility index (Phi) is 6.97. The van der Waals surface area contributed by atoms with Crippen LogP contribution in [0.15, 0.2) is 89.0 Å². The number of aromatic nitrogens is 1. The van der Waals surface area contributed by atoms with Crippen molar-refractivity contribution in [3.05, 3.63) is 111 Å². The summed E-state index contributed by atoms with van der Waals surface area (Å²) in [6.45, 7) is 2.65. The third-order valence-electron chi connectivity index (χ3n) is 5.40. The van der Waals surface area contributed by atoms with Gasteiger partial charge >= 0.3 is 4.87 Å². The van der Waals surface area contributed by atoms with E-state index in [2.05, 4.69) is 29.6 Å². The van der Waals surface area contributed by atoms with E-state index in [9.17, 15) is 9.59 Å². The summed E-state index contributed by atoms with van der Waals surface area (Å²) in [5.74, 6) is -0.0914. The first-order valence-electron chi connectivity index (χ1n) is 10.8. The molecular weight excluding hydrogens is 416 g/mol. The Bertz CT molecular complexity index is 1260. The highest BCUT2D eigenvalue weighted by molar-refractivity contribution is 7.07. The average molecular weight is 443 g/mol. The third kappa shape index (κ3) is 5.24. The van der Waals surface area contributed by atoms with Crippen LogP contribution in [0.25, 0.3) is 16.9 Å². The molecule has 32 heavy (non-hydrogen) atoms. The quantitative estimate of drug-likeness (QED) is 0.360. The standard InChI is InChI=1S/C27H26N2O2S/c1-20-9-7-15-24(17-20)29-25(19-32-27(29)31)22-13-8-14-23(18-22)26(30)28-16-6-5-12-21-10-3-2-4-11-21/h2-4,7-11,13-15,17-19H,5-6,12,16H2,1H3,(H,28,30). The van der Waals surface area contributed by atoms with Crippen molar-refractivity contribution in [3.8, 4) is 16.9 Å². The lowest BCUT2D eigenvalue weighted by Crippen LogP contribution is -2.24. The van der Waals surface area contributed by atoms with Crippen LogP contribution in [0.3, 0.4) is 0 Å². The topological polar surface area (TPSA) is 51.1 Å². The molecule has 0 bridgehead atoms. The summed E-state index contributed by atoms with van der Waals surface area (Å²) in [5.41, 5.74) is 5.48. The summed E-state index contributed by atoms with van der Waals surface area (Å²) in [7, 11) is 0. The predicted molar refractivity (Wildman–Crippen MR) is 132 cm³/mol. The van der Waals surface area contributed by atoms with Gasteiger partial charge < -0.3 is 5.32 Å². The van der Waals surface area contributed by atoms with Gasteiger partial charge in [0.1, 0.15) is 0 Å². The number of carbonyl (C=O) groups excluding carboxylic acids is 1. The van der Waals surface area contributed by atoms with Crippen molar-refractivity contribution in [1.82, 2.24) is 9.88 Å². The number of hydrogen-bond acceptors (Lipinski definition) is 3. The van der Waals surface area contributed by atoms with Gasteiger partial charge in [0.2, 0.25) is 0 Å². The lowest BCUT2D eigenvalue weighted by atomic mass is 10.1. The SMILES string of the molecule is Cc1cccc(-n2c(-c3cccc(C(=O)NCCCCc4ccccc4)c3)csc2=O)c1. The second-order valence-corrected chi connectivity index (χ2v) is 8.66. The Labute approximate surface area is 192 Å². The minimum Gasteiger partial charge on any atom is -0.352 e. The van der Waals surface area contributed by atoms with E-state index < -0.39 is 0 Å². The van der Waals surface area contributed by atoms with Crippen LogP contribution >= 0.6 is 11.3 Å². The van der Waals surface area contributed by atoms with Crippen molar-refractivity contribution in [2.24, 2.45) is 0 Å². The monoisotopic (exact) mass is 442 g/mol. The first kappa shape index (κ1) is 21.8. The maximum atomic E-state index is 12.7. The minimum absolute atomic E-state index is 0.0427. The fourth-order valence-electron chi connectivity index (χ4n) is 3.74. The molecule has 0 unspecified atom stereocenters. The van der Waals surface area contributed by atoms with Crippen LogP contribution in [0, 0.1) is 6.92 Å². The number of benzene rings is 3. The fraction of sp³-hybridized carbons (Fsp3) is 0.185. The molecule has 0 saturated carbocycles. The first-order chi connectivity index (χ1) is 15.6. The van der Waals surface area contributed by atoms with Crippen molar-refractivity contribution < 1.29 is 4.79 Å². The molecule has 1 aromatic heterocycles.